The van der Waals surface area contributed by atoms with Gasteiger partial charge in [-0.25, -0.2) is 4.98 Å². The largest absolute Gasteiger partial charge is 0.398 e. The summed E-state index contributed by atoms with van der Waals surface area (Å²) in [5.41, 5.74) is 1.27. The number of β-lactam (4-membered cyclic amide) rings is 1. The van der Waals surface area contributed by atoms with Crippen molar-refractivity contribution in [3.05, 3.63) is 47.0 Å². The first-order valence-corrected chi connectivity index (χ1v) is 10.5. The number of hydrogen-bond donors (Lipinski definition) is 3. The number of carbonyl (C=O) groups is 3. The molecule has 3 amide bonds. The lowest BCUT2D eigenvalue weighted by Gasteiger charge is -2.37. The number of rotatable bonds is 9. The fourth-order valence-corrected chi connectivity index (χ4v) is 3.69. The lowest BCUT2D eigenvalue weighted by Crippen LogP contribution is -2.69. The number of nitrogens with one attached hydrogen (secondary N) is 3. The molecular formula is C19H20ClN5O4S. The molecule has 0 radical (unpaired) electrons. The smallest absolute Gasteiger partial charge is 0.276 e. The van der Waals surface area contributed by atoms with Gasteiger partial charge in [-0.05, 0) is 18.4 Å². The van der Waals surface area contributed by atoms with Gasteiger partial charge < -0.3 is 20.8 Å². The fraction of sp³-hybridized carbons (Fsp3) is 0.316. The highest BCUT2D eigenvalue weighted by atomic mass is 35.5. The van der Waals surface area contributed by atoms with Crippen molar-refractivity contribution in [2.75, 3.05) is 18.3 Å². The van der Waals surface area contributed by atoms with E-state index in [0.29, 0.717) is 6.42 Å². The van der Waals surface area contributed by atoms with Crippen LogP contribution >= 0.6 is 22.9 Å². The molecule has 1 saturated heterocycles. The van der Waals surface area contributed by atoms with E-state index < -0.39 is 17.9 Å². The minimum Gasteiger partial charge on any atom is -0.398 e. The number of oxime groups is 1. The van der Waals surface area contributed by atoms with Crippen molar-refractivity contribution < 1.29 is 19.2 Å². The standard InChI is InChI=1S/C19H20ClN5O4S/c1-29-25-16(13-10-30-19(22-13)23-14(26)9-20)18(28)24-15-12(21-17(15)27)8-7-11-5-3-2-4-6-11/h2-6,10,12,15H,7-9H2,1H3,(H,21,27)(H,24,28)(H,22,23,26)/b25-16-. The number of amides is 3. The van der Waals surface area contributed by atoms with Crippen LogP contribution in [0, 0.1) is 0 Å². The Labute approximate surface area is 181 Å². The van der Waals surface area contributed by atoms with Gasteiger partial charge in [-0.1, -0.05) is 35.5 Å². The first kappa shape index (κ1) is 21.7. The van der Waals surface area contributed by atoms with Crippen molar-refractivity contribution in [3.8, 4) is 0 Å². The second-order valence-electron chi connectivity index (χ2n) is 6.43. The topological polar surface area (TPSA) is 122 Å². The highest BCUT2D eigenvalue weighted by molar-refractivity contribution is 7.14. The number of carbonyl (C=O) groups excluding carboxylic acids is 3. The summed E-state index contributed by atoms with van der Waals surface area (Å²) in [4.78, 5) is 45.1. The van der Waals surface area contributed by atoms with Crippen LogP contribution in [0.15, 0.2) is 40.9 Å². The molecule has 2 atom stereocenters. The Hall–Kier alpha value is -2.98. The van der Waals surface area contributed by atoms with E-state index in [-0.39, 0.29) is 34.4 Å². The molecule has 30 heavy (non-hydrogen) atoms. The molecule has 0 aliphatic carbocycles. The fourth-order valence-electron chi connectivity index (χ4n) is 2.91. The van der Waals surface area contributed by atoms with E-state index >= 15 is 0 Å². The quantitative estimate of drug-likeness (QED) is 0.230. The molecule has 1 aliphatic rings. The summed E-state index contributed by atoms with van der Waals surface area (Å²) in [5, 5.41) is 13.6. The summed E-state index contributed by atoms with van der Waals surface area (Å²) >= 11 is 6.58. The van der Waals surface area contributed by atoms with Gasteiger partial charge in [-0.2, -0.15) is 0 Å². The molecule has 2 unspecified atom stereocenters. The van der Waals surface area contributed by atoms with E-state index in [1.165, 1.54) is 7.11 Å². The van der Waals surface area contributed by atoms with Gasteiger partial charge in [0.2, 0.25) is 11.8 Å². The Balaban J connectivity index is 1.63. The van der Waals surface area contributed by atoms with Crippen LogP contribution in [0.3, 0.4) is 0 Å². The molecule has 0 bridgehead atoms. The Morgan fingerprint density at radius 3 is 2.77 bits per heavy atom. The normalized spacial score (nSPS) is 18.2. The summed E-state index contributed by atoms with van der Waals surface area (Å²) in [6.45, 7) is 0. The molecule has 1 aliphatic heterocycles. The maximum absolute atomic E-state index is 12.7. The molecule has 158 valence electrons. The summed E-state index contributed by atoms with van der Waals surface area (Å²) in [5.74, 6) is -1.48. The minimum atomic E-state index is -0.669. The van der Waals surface area contributed by atoms with Crippen LogP contribution in [0.5, 0.6) is 0 Å². The number of halogens is 1. The average Bonchev–Trinajstić information content (AvgIpc) is 3.21. The van der Waals surface area contributed by atoms with Crippen molar-refractivity contribution >= 4 is 51.5 Å². The van der Waals surface area contributed by atoms with Crippen LogP contribution in [0.25, 0.3) is 0 Å². The lowest BCUT2D eigenvalue weighted by atomic mass is 9.92. The van der Waals surface area contributed by atoms with Crippen molar-refractivity contribution in [1.82, 2.24) is 15.6 Å². The van der Waals surface area contributed by atoms with Crippen LogP contribution in [-0.4, -0.2) is 53.5 Å². The Morgan fingerprint density at radius 1 is 1.33 bits per heavy atom. The van der Waals surface area contributed by atoms with Crippen LogP contribution < -0.4 is 16.0 Å². The van der Waals surface area contributed by atoms with Gasteiger partial charge in [0, 0.05) is 5.38 Å². The van der Waals surface area contributed by atoms with Gasteiger partial charge in [0.15, 0.2) is 10.8 Å². The predicted octanol–water partition coefficient (Wildman–Crippen LogP) is 1.29. The Kier molecular flexibility index (Phi) is 7.36. The number of aryl methyl sites for hydroxylation is 1. The summed E-state index contributed by atoms with van der Waals surface area (Å²) in [6.07, 6.45) is 1.45. The highest BCUT2D eigenvalue weighted by Crippen LogP contribution is 2.18. The third kappa shape index (κ3) is 5.33. The first-order chi connectivity index (χ1) is 14.5. The molecule has 3 N–H and O–H groups in total. The molecule has 0 spiro atoms. The van der Waals surface area contributed by atoms with Crippen molar-refractivity contribution in [3.63, 3.8) is 0 Å². The molecular weight excluding hydrogens is 430 g/mol. The van der Waals surface area contributed by atoms with E-state index in [4.69, 9.17) is 16.4 Å². The van der Waals surface area contributed by atoms with Gasteiger partial charge in [-0.3, -0.25) is 14.4 Å². The van der Waals surface area contributed by atoms with E-state index in [1.54, 1.807) is 5.38 Å². The Bertz CT molecular complexity index is 949. The molecule has 2 heterocycles. The molecule has 1 fully saturated rings. The van der Waals surface area contributed by atoms with Gasteiger partial charge in [0.05, 0.1) is 6.04 Å². The van der Waals surface area contributed by atoms with Gasteiger partial charge in [0.1, 0.15) is 24.7 Å². The summed E-state index contributed by atoms with van der Waals surface area (Å²) in [6, 6.07) is 9.04. The third-order valence-corrected chi connectivity index (χ3v) is 5.40. The number of thiazole rings is 1. The predicted molar refractivity (Wildman–Crippen MR) is 114 cm³/mol. The van der Waals surface area contributed by atoms with E-state index in [9.17, 15) is 14.4 Å². The summed E-state index contributed by atoms with van der Waals surface area (Å²) in [7, 11) is 1.30. The maximum Gasteiger partial charge on any atom is 0.276 e. The molecule has 0 saturated carbocycles. The maximum atomic E-state index is 12.7. The highest BCUT2D eigenvalue weighted by Gasteiger charge is 2.40. The van der Waals surface area contributed by atoms with Gasteiger partial charge >= 0.3 is 0 Å². The minimum absolute atomic E-state index is 0.0957. The van der Waals surface area contributed by atoms with Crippen LogP contribution in [0.2, 0.25) is 0 Å². The number of benzene rings is 1. The SMILES string of the molecule is CO/N=C(\C(=O)NC1C(=O)NC1CCc1ccccc1)c1csc(NC(=O)CCl)n1. The van der Waals surface area contributed by atoms with E-state index in [1.807, 2.05) is 30.3 Å². The van der Waals surface area contributed by atoms with E-state index in [2.05, 4.69) is 26.1 Å². The molecule has 1 aromatic carbocycles. The second-order valence-corrected chi connectivity index (χ2v) is 7.56. The second kappa shape index (κ2) is 10.2. The number of nitrogens with zero attached hydrogens (tertiary/aromatic N) is 2. The van der Waals surface area contributed by atoms with Crippen LogP contribution in [0.4, 0.5) is 5.13 Å². The van der Waals surface area contributed by atoms with Crippen LogP contribution in [-0.2, 0) is 25.6 Å². The summed E-state index contributed by atoms with van der Waals surface area (Å²) < 4.78 is 0. The monoisotopic (exact) mass is 449 g/mol. The average molecular weight is 450 g/mol. The van der Waals surface area contributed by atoms with Crippen molar-refractivity contribution in [2.45, 2.75) is 24.9 Å². The van der Waals surface area contributed by atoms with Crippen molar-refractivity contribution in [1.29, 1.82) is 0 Å². The van der Waals surface area contributed by atoms with Crippen LogP contribution in [0.1, 0.15) is 17.7 Å². The molecule has 9 nitrogen and oxygen atoms in total. The molecule has 2 aromatic rings. The van der Waals surface area contributed by atoms with E-state index in [0.717, 1.165) is 23.3 Å². The number of anilines is 1. The van der Waals surface area contributed by atoms with Gasteiger partial charge in [-0.15, -0.1) is 22.9 Å². The number of hydrogen-bond acceptors (Lipinski definition) is 7. The molecule has 1 aromatic heterocycles. The molecule has 3 rings (SSSR count). The van der Waals surface area contributed by atoms with Gasteiger partial charge in [0.25, 0.3) is 5.91 Å². The Morgan fingerprint density at radius 2 is 2.10 bits per heavy atom. The third-order valence-electron chi connectivity index (χ3n) is 4.40. The lowest BCUT2D eigenvalue weighted by molar-refractivity contribution is -0.134. The van der Waals surface area contributed by atoms with Crippen molar-refractivity contribution in [2.24, 2.45) is 5.16 Å². The molecule has 11 heteroatoms. The number of aromatic nitrogens is 1. The first-order valence-electron chi connectivity index (χ1n) is 9.10. The zero-order valence-corrected chi connectivity index (χ0v) is 17.6. The zero-order chi connectivity index (χ0) is 21.5. The number of alkyl halides is 1. The zero-order valence-electron chi connectivity index (χ0n) is 16.1.